The zero-order valence-electron chi connectivity index (χ0n) is 21.0. The molecule has 1 amide bonds. The molecule has 2 aliphatic rings. The second-order valence-corrected chi connectivity index (χ2v) is 11.3. The van der Waals surface area contributed by atoms with Gasteiger partial charge in [0.2, 0.25) is 5.91 Å². The standard InChI is InChI=1S/C26H31N5O4S/c1-17-9-12-21(13-10-17)31-25(27-24(28-31)16-35-36(4,33)34)19-11-14-22-23(15-19)30(20-7-5-6-8-20)18(2)26(32)29(22)3/h9-15,18,20H,5-8,16H2,1-4H3/t18-/m1/s1. The topological polar surface area (TPSA) is 97.6 Å². The summed E-state index contributed by atoms with van der Waals surface area (Å²) in [7, 11) is -1.82. The van der Waals surface area contributed by atoms with E-state index in [0.29, 0.717) is 11.9 Å². The molecule has 1 saturated carbocycles. The normalized spacial score (nSPS) is 18.7. The maximum atomic E-state index is 13.0. The van der Waals surface area contributed by atoms with Gasteiger partial charge in [0.25, 0.3) is 10.1 Å². The third kappa shape index (κ3) is 4.62. The minimum absolute atomic E-state index is 0.0881. The van der Waals surface area contributed by atoms with Crippen LogP contribution in [0.2, 0.25) is 0 Å². The molecule has 1 atom stereocenters. The second kappa shape index (κ2) is 9.33. The number of hydrogen-bond donors (Lipinski definition) is 0. The van der Waals surface area contributed by atoms with Gasteiger partial charge in [0, 0.05) is 18.7 Å². The lowest BCUT2D eigenvalue weighted by Gasteiger charge is -2.43. The summed E-state index contributed by atoms with van der Waals surface area (Å²) in [6, 6.07) is 13.9. The third-order valence-electron chi connectivity index (χ3n) is 7.03. The molecule has 0 unspecified atom stereocenters. The molecule has 190 valence electrons. The predicted octanol–water partition coefficient (Wildman–Crippen LogP) is 3.83. The molecular weight excluding hydrogens is 478 g/mol. The Morgan fingerprint density at radius 1 is 1.06 bits per heavy atom. The van der Waals surface area contributed by atoms with E-state index in [4.69, 9.17) is 4.18 Å². The maximum Gasteiger partial charge on any atom is 0.264 e. The zero-order valence-corrected chi connectivity index (χ0v) is 21.8. The molecule has 2 heterocycles. The Labute approximate surface area is 211 Å². The number of aryl methyl sites for hydroxylation is 1. The second-order valence-electron chi connectivity index (χ2n) is 9.69. The summed E-state index contributed by atoms with van der Waals surface area (Å²) < 4.78 is 29.8. The van der Waals surface area contributed by atoms with Gasteiger partial charge in [-0.25, -0.2) is 9.67 Å². The molecule has 0 spiro atoms. The lowest BCUT2D eigenvalue weighted by atomic mass is 10.0. The van der Waals surface area contributed by atoms with Crippen molar-refractivity contribution in [2.45, 2.75) is 58.2 Å². The van der Waals surface area contributed by atoms with E-state index in [1.807, 2.05) is 57.3 Å². The molecule has 1 aliphatic carbocycles. The summed E-state index contributed by atoms with van der Waals surface area (Å²) >= 11 is 0. The zero-order chi connectivity index (χ0) is 25.6. The number of rotatable bonds is 6. The molecule has 0 bridgehead atoms. The first-order valence-corrected chi connectivity index (χ1v) is 14.0. The fraction of sp³-hybridized carbons (Fsp3) is 0.423. The molecule has 1 aliphatic heterocycles. The van der Waals surface area contributed by atoms with Gasteiger partial charge in [0.1, 0.15) is 12.6 Å². The Morgan fingerprint density at radius 2 is 1.75 bits per heavy atom. The van der Waals surface area contributed by atoms with Crippen LogP contribution >= 0.6 is 0 Å². The lowest BCUT2D eigenvalue weighted by Crippen LogP contribution is -2.54. The molecule has 0 N–H and O–H groups in total. The van der Waals surface area contributed by atoms with E-state index in [1.165, 1.54) is 12.8 Å². The summed E-state index contributed by atoms with van der Waals surface area (Å²) in [5.74, 6) is 0.930. The first-order chi connectivity index (χ1) is 17.1. The molecule has 2 aromatic carbocycles. The van der Waals surface area contributed by atoms with Gasteiger partial charge in [0.05, 0.1) is 23.3 Å². The van der Waals surface area contributed by atoms with Crippen molar-refractivity contribution in [1.82, 2.24) is 14.8 Å². The maximum absolute atomic E-state index is 13.0. The van der Waals surface area contributed by atoms with Crippen LogP contribution in [0.4, 0.5) is 11.4 Å². The summed E-state index contributed by atoms with van der Waals surface area (Å²) in [4.78, 5) is 21.7. The Bertz CT molecular complexity index is 1390. The van der Waals surface area contributed by atoms with Crippen LogP contribution in [0.25, 0.3) is 17.1 Å². The molecule has 1 fully saturated rings. The van der Waals surface area contributed by atoms with Crippen molar-refractivity contribution in [3.63, 3.8) is 0 Å². The number of benzene rings is 2. The van der Waals surface area contributed by atoms with Crippen molar-refractivity contribution >= 4 is 27.4 Å². The van der Waals surface area contributed by atoms with Crippen LogP contribution in [0, 0.1) is 6.92 Å². The van der Waals surface area contributed by atoms with Crippen molar-refractivity contribution < 1.29 is 17.4 Å². The average molecular weight is 510 g/mol. The van der Waals surface area contributed by atoms with Crippen molar-refractivity contribution in [2.75, 3.05) is 23.1 Å². The molecule has 3 aromatic rings. The van der Waals surface area contributed by atoms with Crippen LogP contribution in [-0.2, 0) is 25.7 Å². The summed E-state index contributed by atoms with van der Waals surface area (Å²) in [6.45, 7) is 3.73. The van der Waals surface area contributed by atoms with Gasteiger partial charge in [-0.05, 0) is 57.0 Å². The van der Waals surface area contributed by atoms with E-state index in [0.717, 1.165) is 47.3 Å². The Kier molecular flexibility index (Phi) is 6.34. The molecular formula is C26H31N5O4S. The van der Waals surface area contributed by atoms with Crippen molar-refractivity contribution in [3.05, 3.63) is 53.9 Å². The number of anilines is 2. The number of amides is 1. The first-order valence-electron chi connectivity index (χ1n) is 12.2. The van der Waals surface area contributed by atoms with E-state index in [-0.39, 0.29) is 24.4 Å². The van der Waals surface area contributed by atoms with E-state index in [9.17, 15) is 13.2 Å². The number of carbonyl (C=O) groups excluding carboxylic acids is 1. The summed E-state index contributed by atoms with van der Waals surface area (Å²) in [6.07, 6.45) is 5.47. The highest BCUT2D eigenvalue weighted by Crippen LogP contribution is 2.42. The smallest absolute Gasteiger partial charge is 0.264 e. The van der Waals surface area contributed by atoms with E-state index in [1.54, 1.807) is 9.58 Å². The first kappa shape index (κ1) is 24.5. The number of hydrogen-bond acceptors (Lipinski definition) is 7. The van der Waals surface area contributed by atoms with E-state index < -0.39 is 10.1 Å². The predicted molar refractivity (Wildman–Crippen MR) is 139 cm³/mol. The molecule has 0 saturated heterocycles. The highest BCUT2D eigenvalue weighted by Gasteiger charge is 2.38. The van der Waals surface area contributed by atoms with Crippen molar-refractivity contribution in [3.8, 4) is 17.1 Å². The third-order valence-corrected chi connectivity index (χ3v) is 7.57. The van der Waals surface area contributed by atoms with Gasteiger partial charge >= 0.3 is 0 Å². The molecule has 10 heteroatoms. The van der Waals surface area contributed by atoms with Crippen LogP contribution in [0.1, 0.15) is 44.0 Å². The monoisotopic (exact) mass is 509 g/mol. The molecule has 9 nitrogen and oxygen atoms in total. The van der Waals surface area contributed by atoms with Crippen LogP contribution < -0.4 is 9.80 Å². The van der Waals surface area contributed by atoms with Gasteiger partial charge in [-0.1, -0.05) is 30.5 Å². The highest BCUT2D eigenvalue weighted by atomic mass is 32.2. The van der Waals surface area contributed by atoms with Crippen LogP contribution in [0.3, 0.4) is 0 Å². The van der Waals surface area contributed by atoms with Crippen LogP contribution in [0.5, 0.6) is 0 Å². The van der Waals surface area contributed by atoms with Crippen LogP contribution in [-0.4, -0.2) is 54.5 Å². The Hall–Kier alpha value is -3.24. The Morgan fingerprint density at radius 3 is 2.42 bits per heavy atom. The highest BCUT2D eigenvalue weighted by molar-refractivity contribution is 7.85. The van der Waals surface area contributed by atoms with Gasteiger partial charge in [0.15, 0.2) is 11.6 Å². The lowest BCUT2D eigenvalue weighted by molar-refractivity contribution is -0.119. The quantitative estimate of drug-likeness (QED) is 0.466. The van der Waals surface area contributed by atoms with Gasteiger partial charge in [-0.15, -0.1) is 5.10 Å². The van der Waals surface area contributed by atoms with Gasteiger partial charge < -0.3 is 9.80 Å². The summed E-state index contributed by atoms with van der Waals surface area (Å²) in [5, 5.41) is 4.58. The molecule has 36 heavy (non-hydrogen) atoms. The van der Waals surface area contributed by atoms with Crippen LogP contribution in [0.15, 0.2) is 42.5 Å². The summed E-state index contributed by atoms with van der Waals surface area (Å²) in [5.41, 5.74) is 4.62. The molecule has 1 aromatic heterocycles. The van der Waals surface area contributed by atoms with Crippen molar-refractivity contribution in [2.24, 2.45) is 0 Å². The number of fused-ring (bicyclic) bond motifs is 1. The van der Waals surface area contributed by atoms with E-state index >= 15 is 0 Å². The average Bonchev–Trinajstić information content (AvgIpc) is 3.52. The van der Waals surface area contributed by atoms with E-state index in [2.05, 4.69) is 21.0 Å². The number of aromatic nitrogens is 3. The molecule has 5 rings (SSSR count). The van der Waals surface area contributed by atoms with Gasteiger partial charge in [-0.2, -0.15) is 8.42 Å². The minimum atomic E-state index is -3.64. The Balaban J connectivity index is 1.62. The number of likely N-dealkylation sites (N-methyl/N-ethyl adjacent to an activating group) is 1. The number of carbonyl (C=O) groups is 1. The van der Waals surface area contributed by atoms with Gasteiger partial charge in [-0.3, -0.25) is 8.98 Å². The number of nitrogens with zero attached hydrogens (tertiary/aromatic N) is 5. The SMILES string of the molecule is Cc1ccc(-n2nc(COS(C)(=O)=O)nc2-c2ccc3c(c2)N(C2CCCC2)[C@H](C)C(=O)N3C)cc1. The fourth-order valence-electron chi connectivity index (χ4n) is 5.20. The van der Waals surface area contributed by atoms with Crippen molar-refractivity contribution in [1.29, 1.82) is 0 Å². The largest absolute Gasteiger partial charge is 0.355 e. The molecule has 0 radical (unpaired) electrons. The minimum Gasteiger partial charge on any atom is -0.355 e. The fourth-order valence-corrected chi connectivity index (χ4v) is 5.52.